The van der Waals surface area contributed by atoms with Crippen molar-refractivity contribution >= 4 is 26.7 Å². The van der Waals surface area contributed by atoms with Crippen molar-refractivity contribution in [3.8, 4) is 0 Å². The van der Waals surface area contributed by atoms with Crippen LogP contribution in [-0.2, 0) is 14.6 Å². The summed E-state index contributed by atoms with van der Waals surface area (Å²) in [5, 5.41) is 8.86. The Bertz CT molecular complexity index is 1020. The molecular weight excluding hydrogens is 326 g/mol. The number of aryl methyl sites for hydroxylation is 2. The number of nitrogens with one attached hydrogen (secondary N) is 1. The Hall–Kier alpha value is -2.60. The first-order valence-electron chi connectivity index (χ1n) is 7.41. The quantitative estimate of drug-likeness (QED) is 0.760. The molecule has 0 bridgehead atoms. The van der Waals surface area contributed by atoms with Crippen molar-refractivity contribution in [2.24, 2.45) is 0 Å². The number of carboxylic acids is 1. The molecule has 6 heteroatoms. The largest absolute Gasteiger partial charge is 0.480 e. The summed E-state index contributed by atoms with van der Waals surface area (Å²) in [4.78, 5) is 14.8. The first-order valence-corrected chi connectivity index (χ1v) is 8.96. The molecule has 0 aliphatic carbocycles. The van der Waals surface area contributed by atoms with Crippen LogP contribution in [0.2, 0.25) is 0 Å². The van der Waals surface area contributed by atoms with E-state index >= 15 is 0 Å². The Morgan fingerprint density at radius 3 is 2.38 bits per heavy atom. The summed E-state index contributed by atoms with van der Waals surface area (Å²) in [5.74, 6) is -1.39. The second-order valence-electron chi connectivity index (χ2n) is 5.85. The molecule has 0 spiro atoms. The number of H-pyrrole nitrogens is 1. The minimum Gasteiger partial charge on any atom is -0.480 e. The molecule has 0 aliphatic heterocycles. The molecule has 3 rings (SSSR count). The summed E-state index contributed by atoms with van der Waals surface area (Å²) in [6, 6.07) is 11.1. The second kappa shape index (κ2) is 5.79. The molecule has 2 N–H and O–H groups in total. The fourth-order valence-electron chi connectivity index (χ4n) is 2.77. The van der Waals surface area contributed by atoms with Crippen molar-refractivity contribution in [1.29, 1.82) is 0 Å². The Morgan fingerprint density at radius 1 is 1.08 bits per heavy atom. The molecule has 0 radical (unpaired) electrons. The molecule has 0 saturated heterocycles. The van der Waals surface area contributed by atoms with Crippen LogP contribution in [0, 0.1) is 13.8 Å². The number of sulfone groups is 1. The molecule has 0 aliphatic rings. The van der Waals surface area contributed by atoms with Crippen molar-refractivity contribution in [3.63, 3.8) is 0 Å². The standard InChI is InChI=1S/C18H17NO4S/c1-11-3-6-14(7-4-11)24(22,23)17(18(20)21)13-5-8-15-12(2)10-19-16(15)9-13/h3-10,17,19H,1-2H3,(H,20,21). The van der Waals surface area contributed by atoms with E-state index in [1.54, 1.807) is 36.5 Å². The van der Waals surface area contributed by atoms with Crippen molar-refractivity contribution < 1.29 is 18.3 Å². The highest BCUT2D eigenvalue weighted by molar-refractivity contribution is 7.92. The van der Waals surface area contributed by atoms with Crippen LogP contribution in [0.3, 0.4) is 0 Å². The zero-order chi connectivity index (χ0) is 17.5. The normalized spacial score (nSPS) is 13.1. The smallest absolute Gasteiger partial charge is 0.326 e. The van der Waals surface area contributed by atoms with Gasteiger partial charge >= 0.3 is 5.97 Å². The van der Waals surface area contributed by atoms with Gasteiger partial charge in [0, 0.05) is 17.1 Å². The minimum absolute atomic E-state index is 0.00302. The van der Waals surface area contributed by atoms with Gasteiger partial charge in [0.05, 0.1) is 4.90 Å². The molecule has 1 heterocycles. The van der Waals surface area contributed by atoms with Gasteiger partial charge in [0.25, 0.3) is 0 Å². The molecule has 5 nitrogen and oxygen atoms in total. The molecule has 0 amide bonds. The van der Waals surface area contributed by atoms with Crippen LogP contribution in [-0.4, -0.2) is 24.5 Å². The number of aromatic nitrogens is 1. The second-order valence-corrected chi connectivity index (χ2v) is 7.89. The van der Waals surface area contributed by atoms with Gasteiger partial charge < -0.3 is 10.1 Å². The zero-order valence-corrected chi connectivity index (χ0v) is 14.1. The minimum atomic E-state index is -4.05. The van der Waals surface area contributed by atoms with E-state index in [2.05, 4.69) is 4.98 Å². The number of aliphatic carboxylic acids is 1. The van der Waals surface area contributed by atoms with Gasteiger partial charge in [-0.15, -0.1) is 0 Å². The van der Waals surface area contributed by atoms with E-state index in [0.717, 1.165) is 22.0 Å². The summed E-state index contributed by atoms with van der Waals surface area (Å²) >= 11 is 0. The van der Waals surface area contributed by atoms with E-state index in [0.29, 0.717) is 0 Å². The Kier molecular flexibility index (Phi) is 3.93. The molecular formula is C18H17NO4S. The van der Waals surface area contributed by atoms with Crippen molar-refractivity contribution in [2.75, 3.05) is 0 Å². The highest BCUT2D eigenvalue weighted by Gasteiger charge is 2.35. The fraction of sp³-hybridized carbons (Fsp3) is 0.167. The number of hydrogen-bond acceptors (Lipinski definition) is 3. The van der Waals surface area contributed by atoms with Crippen molar-refractivity contribution in [1.82, 2.24) is 4.98 Å². The van der Waals surface area contributed by atoms with Gasteiger partial charge in [-0.2, -0.15) is 0 Å². The zero-order valence-electron chi connectivity index (χ0n) is 13.3. The lowest BCUT2D eigenvalue weighted by Gasteiger charge is -2.14. The third-order valence-corrected chi connectivity index (χ3v) is 6.12. The molecule has 24 heavy (non-hydrogen) atoms. The third kappa shape index (κ3) is 2.69. The topological polar surface area (TPSA) is 87.2 Å². The molecule has 1 unspecified atom stereocenters. The van der Waals surface area contributed by atoms with Gasteiger partial charge in [0.1, 0.15) is 0 Å². The number of rotatable bonds is 4. The number of aromatic amines is 1. The average molecular weight is 343 g/mol. The molecule has 1 aromatic heterocycles. The predicted molar refractivity (Wildman–Crippen MR) is 91.8 cm³/mol. The molecule has 0 fully saturated rings. The van der Waals surface area contributed by atoms with Gasteiger partial charge in [0.15, 0.2) is 15.1 Å². The van der Waals surface area contributed by atoms with Crippen LogP contribution in [0.15, 0.2) is 53.6 Å². The number of hydrogen-bond donors (Lipinski definition) is 2. The maximum absolute atomic E-state index is 12.8. The van der Waals surface area contributed by atoms with Crippen LogP contribution >= 0.6 is 0 Å². The average Bonchev–Trinajstić information content (AvgIpc) is 2.88. The first-order chi connectivity index (χ1) is 11.3. The van der Waals surface area contributed by atoms with Crippen molar-refractivity contribution in [2.45, 2.75) is 24.0 Å². The molecule has 0 saturated carbocycles. The van der Waals surface area contributed by atoms with Gasteiger partial charge in [-0.05, 0) is 43.2 Å². The number of carbonyl (C=O) groups is 1. The fourth-order valence-corrected chi connectivity index (χ4v) is 4.33. The predicted octanol–water partition coefficient (Wildman–Crippen LogP) is 3.38. The summed E-state index contributed by atoms with van der Waals surface area (Å²) in [7, 11) is -4.05. The lowest BCUT2D eigenvalue weighted by Crippen LogP contribution is -2.22. The van der Waals surface area contributed by atoms with Crippen LogP contribution in [0.25, 0.3) is 10.9 Å². The maximum Gasteiger partial charge on any atom is 0.326 e. The van der Waals surface area contributed by atoms with Crippen LogP contribution in [0.4, 0.5) is 0 Å². The van der Waals surface area contributed by atoms with Crippen LogP contribution < -0.4 is 0 Å². The maximum atomic E-state index is 12.8. The first kappa shape index (κ1) is 16.3. The van der Waals surface area contributed by atoms with E-state index in [-0.39, 0.29) is 10.5 Å². The monoisotopic (exact) mass is 343 g/mol. The van der Waals surface area contributed by atoms with Gasteiger partial charge in [-0.3, -0.25) is 4.79 Å². The molecule has 3 aromatic rings. The third-order valence-electron chi connectivity index (χ3n) is 4.10. The summed E-state index contributed by atoms with van der Waals surface area (Å²) in [5.41, 5.74) is 2.88. The van der Waals surface area contributed by atoms with E-state index in [1.807, 2.05) is 13.8 Å². The van der Waals surface area contributed by atoms with Crippen LogP contribution in [0.1, 0.15) is 21.9 Å². The Labute approximate surface area is 139 Å². The highest BCUT2D eigenvalue weighted by Crippen LogP contribution is 2.31. The van der Waals surface area contributed by atoms with E-state index in [4.69, 9.17) is 0 Å². The Morgan fingerprint density at radius 2 is 1.75 bits per heavy atom. The van der Waals surface area contributed by atoms with Gasteiger partial charge in [0.2, 0.25) is 0 Å². The SMILES string of the molecule is Cc1ccc(S(=O)(=O)C(C(=O)O)c2ccc3c(C)c[nH]c3c2)cc1. The molecule has 1 atom stereocenters. The van der Waals surface area contributed by atoms with Gasteiger partial charge in [-0.1, -0.05) is 29.8 Å². The Balaban J connectivity index is 2.14. The molecule has 124 valence electrons. The highest BCUT2D eigenvalue weighted by atomic mass is 32.2. The summed E-state index contributed by atoms with van der Waals surface area (Å²) in [6.45, 7) is 3.77. The van der Waals surface area contributed by atoms with E-state index < -0.39 is 21.1 Å². The summed E-state index contributed by atoms with van der Waals surface area (Å²) < 4.78 is 25.7. The summed E-state index contributed by atoms with van der Waals surface area (Å²) in [6.07, 6.45) is 1.80. The lowest BCUT2D eigenvalue weighted by molar-refractivity contribution is -0.136. The van der Waals surface area contributed by atoms with Crippen molar-refractivity contribution in [3.05, 3.63) is 65.4 Å². The van der Waals surface area contributed by atoms with Crippen LogP contribution in [0.5, 0.6) is 0 Å². The lowest BCUT2D eigenvalue weighted by atomic mass is 10.1. The number of carboxylic acid groups (broad SMARTS) is 1. The number of benzene rings is 2. The number of fused-ring (bicyclic) bond motifs is 1. The molecule has 2 aromatic carbocycles. The van der Waals surface area contributed by atoms with Gasteiger partial charge in [-0.25, -0.2) is 8.42 Å². The van der Waals surface area contributed by atoms with E-state index in [1.165, 1.54) is 12.1 Å². The van der Waals surface area contributed by atoms with E-state index in [9.17, 15) is 18.3 Å².